The van der Waals surface area contributed by atoms with Gasteiger partial charge in [-0.15, -0.1) is 0 Å². The first-order chi connectivity index (χ1) is 7.17. The lowest BCUT2D eigenvalue weighted by atomic mass is 10.1. The molecule has 0 aliphatic rings. The third-order valence-electron chi connectivity index (χ3n) is 2.34. The average molecular weight is 213 g/mol. The molecule has 0 bridgehead atoms. The molecule has 86 valence electrons. The highest BCUT2D eigenvalue weighted by atomic mass is 16.5. The van der Waals surface area contributed by atoms with Crippen LogP contribution in [0, 0.1) is 5.92 Å². The molecule has 0 unspecified atom stereocenters. The zero-order chi connectivity index (χ0) is 11.3. The Kier molecular flexibility index (Phi) is 4.71. The van der Waals surface area contributed by atoms with Crippen LogP contribution in [0.5, 0.6) is 0 Å². The van der Waals surface area contributed by atoms with Crippen LogP contribution in [0.15, 0.2) is 4.52 Å². The van der Waals surface area contributed by atoms with Crippen molar-refractivity contribution in [3.8, 4) is 0 Å². The highest BCUT2D eigenvalue weighted by molar-refractivity contribution is 4.86. The Hall–Kier alpha value is -0.940. The fourth-order valence-electron chi connectivity index (χ4n) is 1.24. The second kappa shape index (κ2) is 5.82. The zero-order valence-electron chi connectivity index (χ0n) is 9.53. The first-order valence-electron chi connectivity index (χ1n) is 5.33. The van der Waals surface area contributed by atoms with Crippen molar-refractivity contribution in [1.29, 1.82) is 0 Å². The number of nitrogens with one attached hydrogen (secondary N) is 1. The first kappa shape index (κ1) is 12.1. The number of aliphatic hydroxyl groups is 1. The predicted octanol–water partition coefficient (Wildman–Crippen LogP) is 0.738. The van der Waals surface area contributed by atoms with Crippen molar-refractivity contribution < 1.29 is 9.63 Å². The van der Waals surface area contributed by atoms with Gasteiger partial charge in [0.15, 0.2) is 5.82 Å². The van der Waals surface area contributed by atoms with E-state index >= 15 is 0 Å². The van der Waals surface area contributed by atoms with Crippen LogP contribution in [0.3, 0.4) is 0 Å². The molecule has 5 heteroatoms. The number of hydrogen-bond donors (Lipinski definition) is 2. The molecular formula is C10H19N3O2. The van der Waals surface area contributed by atoms with Crippen LogP contribution in [0.4, 0.5) is 0 Å². The molecule has 0 amide bonds. The summed E-state index contributed by atoms with van der Waals surface area (Å²) in [7, 11) is 0. The van der Waals surface area contributed by atoms with Crippen LogP contribution >= 0.6 is 0 Å². The fourth-order valence-corrected chi connectivity index (χ4v) is 1.24. The molecule has 15 heavy (non-hydrogen) atoms. The molecule has 0 fully saturated rings. The molecule has 5 nitrogen and oxygen atoms in total. The van der Waals surface area contributed by atoms with E-state index in [0.717, 1.165) is 6.42 Å². The van der Waals surface area contributed by atoms with Crippen LogP contribution in [0.2, 0.25) is 0 Å². The molecule has 0 saturated carbocycles. The maximum Gasteiger partial charge on any atom is 0.226 e. The molecular weight excluding hydrogens is 194 g/mol. The van der Waals surface area contributed by atoms with Gasteiger partial charge >= 0.3 is 0 Å². The van der Waals surface area contributed by atoms with Crippen LogP contribution in [0.1, 0.15) is 32.5 Å². The second-order valence-electron chi connectivity index (χ2n) is 3.87. The quantitative estimate of drug-likeness (QED) is 0.729. The molecule has 1 aromatic heterocycles. The summed E-state index contributed by atoms with van der Waals surface area (Å²) in [5.74, 6) is 1.68. The number of nitrogens with zero attached hydrogens (tertiary/aromatic N) is 2. The van der Waals surface area contributed by atoms with E-state index in [2.05, 4.69) is 29.3 Å². The predicted molar refractivity (Wildman–Crippen MR) is 56.2 cm³/mol. The van der Waals surface area contributed by atoms with E-state index < -0.39 is 0 Å². The van der Waals surface area contributed by atoms with E-state index in [4.69, 9.17) is 9.63 Å². The van der Waals surface area contributed by atoms with Gasteiger partial charge in [0.1, 0.15) is 0 Å². The standard InChI is InChI=1S/C10H19N3O2/c1-4-10-12-9(13-15-10)5-11-8(6-14)7(2)3/h7-8,11,14H,4-6H2,1-3H3/t8-/m1/s1. The first-order valence-corrected chi connectivity index (χ1v) is 5.33. The highest BCUT2D eigenvalue weighted by Crippen LogP contribution is 2.02. The Morgan fingerprint density at radius 3 is 2.67 bits per heavy atom. The van der Waals surface area contributed by atoms with Crippen LogP contribution < -0.4 is 5.32 Å². The van der Waals surface area contributed by atoms with Crippen molar-refractivity contribution in [3.05, 3.63) is 11.7 Å². The van der Waals surface area contributed by atoms with Gasteiger partial charge in [-0.3, -0.25) is 0 Å². The van der Waals surface area contributed by atoms with Gasteiger partial charge in [-0.2, -0.15) is 4.98 Å². The summed E-state index contributed by atoms with van der Waals surface area (Å²) in [5, 5.41) is 16.1. The minimum absolute atomic E-state index is 0.0774. The van der Waals surface area contributed by atoms with Gasteiger partial charge in [0.05, 0.1) is 13.2 Å². The number of rotatable bonds is 6. The van der Waals surface area contributed by atoms with Crippen LogP contribution in [-0.4, -0.2) is 27.9 Å². The Morgan fingerprint density at radius 2 is 2.20 bits per heavy atom. The summed E-state index contributed by atoms with van der Waals surface area (Å²) in [5.41, 5.74) is 0. The van der Waals surface area contributed by atoms with Crippen molar-refractivity contribution in [1.82, 2.24) is 15.5 Å². The summed E-state index contributed by atoms with van der Waals surface area (Å²) in [6.07, 6.45) is 0.751. The molecule has 0 saturated heterocycles. The molecule has 2 N–H and O–H groups in total. The normalized spacial score (nSPS) is 13.4. The lowest BCUT2D eigenvalue weighted by Crippen LogP contribution is -2.36. The van der Waals surface area contributed by atoms with Gasteiger partial charge in [0.25, 0.3) is 0 Å². The van der Waals surface area contributed by atoms with Crippen molar-refractivity contribution in [2.75, 3.05) is 6.61 Å². The van der Waals surface area contributed by atoms with Crippen molar-refractivity contribution in [3.63, 3.8) is 0 Å². The maximum absolute atomic E-state index is 9.10. The molecule has 0 spiro atoms. The molecule has 1 rings (SSSR count). The van der Waals surface area contributed by atoms with Crippen molar-refractivity contribution in [2.45, 2.75) is 39.8 Å². The summed E-state index contributed by atoms with van der Waals surface area (Å²) in [6, 6.07) is 0.0774. The maximum atomic E-state index is 9.10. The van der Waals surface area contributed by atoms with Gasteiger partial charge < -0.3 is 14.9 Å². The molecule has 1 aromatic rings. The van der Waals surface area contributed by atoms with E-state index in [1.54, 1.807) is 0 Å². The van der Waals surface area contributed by atoms with Gasteiger partial charge in [-0.1, -0.05) is 25.9 Å². The lowest BCUT2D eigenvalue weighted by molar-refractivity contribution is 0.209. The topological polar surface area (TPSA) is 71.2 Å². The minimum atomic E-state index is 0.0774. The zero-order valence-corrected chi connectivity index (χ0v) is 9.53. The van der Waals surface area contributed by atoms with E-state index in [-0.39, 0.29) is 12.6 Å². The Balaban J connectivity index is 2.41. The summed E-state index contributed by atoms with van der Waals surface area (Å²) in [4.78, 5) is 4.17. The lowest BCUT2D eigenvalue weighted by Gasteiger charge is -2.18. The van der Waals surface area contributed by atoms with Crippen LogP contribution in [-0.2, 0) is 13.0 Å². The Labute approximate surface area is 89.9 Å². The van der Waals surface area contributed by atoms with Gasteiger partial charge in [0, 0.05) is 12.5 Å². The largest absolute Gasteiger partial charge is 0.395 e. The van der Waals surface area contributed by atoms with Gasteiger partial charge in [-0.05, 0) is 5.92 Å². The molecule has 0 aliphatic heterocycles. The monoisotopic (exact) mass is 213 g/mol. The minimum Gasteiger partial charge on any atom is -0.395 e. The van der Waals surface area contributed by atoms with E-state index in [9.17, 15) is 0 Å². The summed E-state index contributed by atoms with van der Waals surface area (Å²) in [6.45, 7) is 6.74. The van der Waals surface area contributed by atoms with E-state index in [1.807, 2.05) is 6.92 Å². The van der Waals surface area contributed by atoms with E-state index in [0.29, 0.717) is 24.2 Å². The Bertz CT molecular complexity index is 286. The van der Waals surface area contributed by atoms with E-state index in [1.165, 1.54) is 0 Å². The second-order valence-corrected chi connectivity index (χ2v) is 3.87. The number of aryl methyl sites for hydroxylation is 1. The molecule has 0 aromatic carbocycles. The Morgan fingerprint density at radius 1 is 1.47 bits per heavy atom. The fraction of sp³-hybridized carbons (Fsp3) is 0.800. The third-order valence-corrected chi connectivity index (χ3v) is 2.34. The average Bonchev–Trinajstić information content (AvgIpc) is 2.66. The SMILES string of the molecule is CCc1nc(CN[C@H](CO)C(C)C)no1. The third kappa shape index (κ3) is 3.60. The molecule has 0 aliphatic carbocycles. The van der Waals surface area contributed by atoms with Gasteiger partial charge in [-0.25, -0.2) is 0 Å². The number of hydrogen-bond acceptors (Lipinski definition) is 5. The van der Waals surface area contributed by atoms with Crippen LogP contribution in [0.25, 0.3) is 0 Å². The molecule has 1 atom stereocenters. The number of aliphatic hydroxyl groups excluding tert-OH is 1. The highest BCUT2D eigenvalue weighted by Gasteiger charge is 2.12. The summed E-state index contributed by atoms with van der Waals surface area (Å²) < 4.78 is 4.98. The van der Waals surface area contributed by atoms with Gasteiger partial charge in [0.2, 0.25) is 5.89 Å². The molecule has 0 radical (unpaired) electrons. The van der Waals surface area contributed by atoms with Crippen molar-refractivity contribution in [2.24, 2.45) is 5.92 Å². The number of aromatic nitrogens is 2. The summed E-state index contributed by atoms with van der Waals surface area (Å²) >= 11 is 0. The smallest absolute Gasteiger partial charge is 0.226 e. The molecule has 1 heterocycles. The van der Waals surface area contributed by atoms with Crippen molar-refractivity contribution >= 4 is 0 Å².